The highest BCUT2D eigenvalue weighted by molar-refractivity contribution is 6.28. The number of benzene rings is 5. The summed E-state index contributed by atoms with van der Waals surface area (Å²) >= 11 is 0. The van der Waals surface area contributed by atoms with Gasteiger partial charge in [0.25, 0.3) is 0 Å². The lowest BCUT2D eigenvalue weighted by Crippen LogP contribution is -2.37. The normalized spacial score (nSPS) is 19.7. The Morgan fingerprint density at radius 1 is 0.614 bits per heavy atom. The summed E-state index contributed by atoms with van der Waals surface area (Å²) in [7, 11) is 0. The van der Waals surface area contributed by atoms with E-state index in [9.17, 15) is 5.26 Å². The van der Waals surface area contributed by atoms with Crippen molar-refractivity contribution in [3.8, 4) is 6.07 Å². The van der Waals surface area contributed by atoms with E-state index in [1.54, 1.807) is 0 Å². The molecule has 4 heterocycles. The monoisotopic (exact) mass is 577 g/mol. The Kier molecular flexibility index (Phi) is 5.66. The van der Waals surface area contributed by atoms with Crippen LogP contribution in [-0.2, 0) is 0 Å². The molecule has 7 aromatic rings. The first-order valence-corrected chi connectivity index (χ1v) is 16.2. The average Bonchev–Trinajstić information content (AvgIpc) is 3.59. The zero-order valence-electron chi connectivity index (χ0n) is 25.3. The van der Waals surface area contributed by atoms with Crippen LogP contribution in [0.2, 0.25) is 0 Å². The van der Waals surface area contributed by atoms with E-state index in [1.807, 2.05) is 6.07 Å². The molecule has 0 spiro atoms. The maximum Gasteiger partial charge on any atom is 0.154 e. The van der Waals surface area contributed by atoms with Gasteiger partial charge in [-0.1, -0.05) is 12.1 Å². The number of anilines is 2. The lowest BCUT2D eigenvalue weighted by Gasteiger charge is -2.35. The second-order valence-corrected chi connectivity index (χ2v) is 13.2. The summed E-state index contributed by atoms with van der Waals surface area (Å²) in [5.74, 6) is 0. The Morgan fingerprint density at radius 3 is 1.75 bits per heavy atom. The van der Waals surface area contributed by atoms with E-state index in [2.05, 4.69) is 90.4 Å². The number of nitrogens with zero attached hydrogens (tertiary/aromatic N) is 3. The van der Waals surface area contributed by atoms with Gasteiger partial charge in [0.2, 0.25) is 0 Å². The molecule has 5 aromatic carbocycles. The van der Waals surface area contributed by atoms with E-state index in [1.165, 1.54) is 66.1 Å². The minimum atomic E-state index is 0.501. The van der Waals surface area contributed by atoms with Gasteiger partial charge < -0.3 is 18.6 Å². The Hall–Kier alpha value is -4.69. The van der Waals surface area contributed by atoms with Crippen molar-refractivity contribution in [3.05, 3.63) is 72.3 Å². The van der Waals surface area contributed by atoms with Crippen molar-refractivity contribution in [2.75, 3.05) is 22.9 Å². The van der Waals surface area contributed by atoms with Gasteiger partial charge in [-0.05, 0) is 122 Å². The number of nitriles is 1. The van der Waals surface area contributed by atoms with Gasteiger partial charge in [0.15, 0.2) is 5.58 Å². The number of rotatable bonds is 2. The molecule has 2 unspecified atom stereocenters. The topological polar surface area (TPSA) is 56.6 Å². The van der Waals surface area contributed by atoms with Gasteiger partial charge in [0, 0.05) is 64.2 Å². The van der Waals surface area contributed by atoms with Crippen molar-refractivity contribution < 1.29 is 8.83 Å². The van der Waals surface area contributed by atoms with Gasteiger partial charge >= 0.3 is 0 Å². The minimum Gasteiger partial charge on any atom is -0.456 e. The molecular weight excluding hydrogens is 542 g/mol. The largest absolute Gasteiger partial charge is 0.456 e. The molecule has 5 nitrogen and oxygen atoms in total. The smallest absolute Gasteiger partial charge is 0.154 e. The third-order valence-electron chi connectivity index (χ3n) is 10.4. The molecule has 218 valence electrons. The molecule has 2 saturated heterocycles. The van der Waals surface area contributed by atoms with Crippen LogP contribution < -0.4 is 9.80 Å². The lowest BCUT2D eigenvalue weighted by molar-refractivity contribution is 0.485. The molecule has 0 saturated carbocycles. The second-order valence-electron chi connectivity index (χ2n) is 13.2. The Morgan fingerprint density at radius 2 is 1.18 bits per heavy atom. The third-order valence-corrected chi connectivity index (χ3v) is 10.4. The second kappa shape index (κ2) is 9.66. The predicted octanol–water partition coefficient (Wildman–Crippen LogP) is 10.4. The standard InChI is InChI=1S/C39H35N3O2/c1-23-7-3-5-13-41(23)30-11-9-25-17-32-34(19-27(25)15-30)43-36-21-29(22-40)39-38(37(32)36)33-18-26-10-12-31(16-28(26)20-35(33)44-39)42-14-6-4-8-24(42)2/h9-12,15-21,23-24H,3-8,13-14H2,1-2H3. The zero-order valence-corrected chi connectivity index (χ0v) is 25.3. The summed E-state index contributed by atoms with van der Waals surface area (Å²) in [5, 5.41) is 18.9. The SMILES string of the molecule is CC1CCCCN1c1ccc2cc3c(cc2c1)oc1cc(C#N)c2oc4cc5cc(N6CCCCC6C)ccc5cc4c2c13. The molecule has 2 aliphatic heterocycles. The highest BCUT2D eigenvalue weighted by Crippen LogP contribution is 2.44. The van der Waals surface area contributed by atoms with Crippen LogP contribution in [-0.4, -0.2) is 25.2 Å². The molecule has 0 bridgehead atoms. The van der Waals surface area contributed by atoms with Crippen LogP contribution in [0.15, 0.2) is 75.6 Å². The Labute approximate surface area is 256 Å². The molecule has 9 rings (SSSR count). The molecule has 0 radical (unpaired) electrons. The number of piperidine rings is 2. The summed E-state index contributed by atoms with van der Waals surface area (Å²) in [5.41, 5.74) is 6.04. The van der Waals surface area contributed by atoms with Crippen molar-refractivity contribution in [2.24, 2.45) is 0 Å². The highest BCUT2D eigenvalue weighted by Gasteiger charge is 2.23. The molecular formula is C39H35N3O2. The highest BCUT2D eigenvalue weighted by atomic mass is 16.3. The zero-order chi connectivity index (χ0) is 29.5. The molecule has 44 heavy (non-hydrogen) atoms. The maximum atomic E-state index is 10.2. The molecule has 0 aliphatic carbocycles. The van der Waals surface area contributed by atoms with Crippen molar-refractivity contribution in [2.45, 2.75) is 64.5 Å². The summed E-state index contributed by atoms with van der Waals surface area (Å²) in [6.45, 7) is 6.86. The summed E-state index contributed by atoms with van der Waals surface area (Å²) in [4.78, 5) is 5.06. The summed E-state index contributed by atoms with van der Waals surface area (Å²) in [6, 6.07) is 27.7. The van der Waals surface area contributed by atoms with Crippen LogP contribution >= 0.6 is 0 Å². The minimum absolute atomic E-state index is 0.501. The summed E-state index contributed by atoms with van der Waals surface area (Å²) in [6.07, 6.45) is 7.57. The van der Waals surface area contributed by atoms with Crippen LogP contribution in [0.25, 0.3) is 65.4 Å². The van der Waals surface area contributed by atoms with Crippen molar-refractivity contribution in [3.63, 3.8) is 0 Å². The lowest BCUT2D eigenvalue weighted by atomic mass is 9.98. The van der Waals surface area contributed by atoms with Crippen LogP contribution in [0.3, 0.4) is 0 Å². The van der Waals surface area contributed by atoms with Gasteiger partial charge in [0.1, 0.15) is 22.8 Å². The van der Waals surface area contributed by atoms with Gasteiger partial charge in [-0.2, -0.15) is 5.26 Å². The Bertz CT molecular complexity index is 2320. The van der Waals surface area contributed by atoms with Gasteiger partial charge in [-0.25, -0.2) is 0 Å². The third kappa shape index (κ3) is 3.83. The first-order chi connectivity index (χ1) is 21.6. The number of hydrogen-bond acceptors (Lipinski definition) is 5. The number of fused-ring (bicyclic) bond motifs is 9. The quantitative estimate of drug-likeness (QED) is 0.205. The van der Waals surface area contributed by atoms with Crippen molar-refractivity contribution in [1.29, 1.82) is 5.26 Å². The van der Waals surface area contributed by atoms with E-state index in [4.69, 9.17) is 8.83 Å². The molecule has 2 aliphatic rings. The molecule has 5 heteroatoms. The number of hydrogen-bond donors (Lipinski definition) is 0. The van der Waals surface area contributed by atoms with E-state index >= 15 is 0 Å². The van der Waals surface area contributed by atoms with Crippen LogP contribution in [0, 0.1) is 11.3 Å². The van der Waals surface area contributed by atoms with E-state index < -0.39 is 0 Å². The van der Waals surface area contributed by atoms with Gasteiger partial charge in [-0.15, -0.1) is 0 Å². The number of furan rings is 2. The fraction of sp³-hybridized carbons (Fsp3) is 0.308. The first kappa shape index (κ1) is 25.8. The molecule has 0 N–H and O–H groups in total. The molecule has 2 fully saturated rings. The van der Waals surface area contributed by atoms with E-state index in [0.717, 1.165) is 56.8 Å². The Balaban J connectivity index is 1.25. The van der Waals surface area contributed by atoms with Crippen molar-refractivity contribution in [1.82, 2.24) is 0 Å². The predicted molar refractivity (Wildman–Crippen MR) is 182 cm³/mol. The fourth-order valence-corrected chi connectivity index (χ4v) is 8.07. The van der Waals surface area contributed by atoms with E-state index in [-0.39, 0.29) is 0 Å². The average molecular weight is 578 g/mol. The first-order valence-electron chi connectivity index (χ1n) is 16.2. The van der Waals surface area contributed by atoms with Crippen LogP contribution in [0.5, 0.6) is 0 Å². The molecule has 2 aromatic heterocycles. The van der Waals surface area contributed by atoms with Gasteiger partial charge in [0.05, 0.1) is 5.56 Å². The van der Waals surface area contributed by atoms with Gasteiger partial charge in [-0.3, -0.25) is 0 Å². The van der Waals surface area contributed by atoms with Crippen LogP contribution in [0.4, 0.5) is 11.4 Å². The van der Waals surface area contributed by atoms with Crippen LogP contribution in [0.1, 0.15) is 57.9 Å². The van der Waals surface area contributed by atoms with E-state index in [0.29, 0.717) is 23.2 Å². The van der Waals surface area contributed by atoms with Crippen molar-refractivity contribution >= 4 is 76.8 Å². The summed E-state index contributed by atoms with van der Waals surface area (Å²) < 4.78 is 13.0. The molecule has 2 atom stereocenters. The maximum absolute atomic E-state index is 10.2. The molecule has 0 amide bonds. The fourth-order valence-electron chi connectivity index (χ4n) is 8.07.